The third-order valence-corrected chi connectivity index (χ3v) is 2.72. The number of esters is 1. The monoisotopic (exact) mass is 208 g/mol. The predicted molar refractivity (Wildman–Crippen MR) is 51.5 cm³/mol. The molecule has 1 aliphatic carbocycles. The van der Waals surface area contributed by atoms with E-state index in [2.05, 4.69) is 4.74 Å². The van der Waals surface area contributed by atoms with Gasteiger partial charge in [0.2, 0.25) is 5.78 Å². The molecule has 0 radical (unpaired) electrons. The van der Waals surface area contributed by atoms with E-state index in [1.807, 2.05) is 0 Å². The van der Waals surface area contributed by atoms with Gasteiger partial charge in [0.15, 0.2) is 5.76 Å². The van der Waals surface area contributed by atoms with Crippen molar-refractivity contribution < 1.29 is 18.7 Å². The molecule has 1 saturated carbocycles. The minimum Gasteiger partial charge on any atom is -0.468 e. The van der Waals surface area contributed by atoms with Gasteiger partial charge < -0.3 is 9.15 Å². The van der Waals surface area contributed by atoms with E-state index in [-0.39, 0.29) is 11.5 Å². The molecule has 2 rings (SSSR count). The van der Waals surface area contributed by atoms with Gasteiger partial charge in [-0.15, -0.1) is 0 Å². The van der Waals surface area contributed by atoms with Crippen LogP contribution in [-0.2, 0) is 9.53 Å². The van der Waals surface area contributed by atoms with Crippen molar-refractivity contribution in [3.8, 4) is 0 Å². The first-order chi connectivity index (χ1) is 7.10. The van der Waals surface area contributed by atoms with Gasteiger partial charge in [-0.2, -0.15) is 0 Å². The Morgan fingerprint density at radius 3 is 2.47 bits per heavy atom. The van der Waals surface area contributed by atoms with Crippen LogP contribution in [0.3, 0.4) is 0 Å². The average Bonchev–Trinajstić information content (AvgIpc) is 2.94. The number of hydrogen-bond acceptors (Lipinski definition) is 4. The molecular weight excluding hydrogens is 196 g/mol. The molecular formula is C11H12O4. The number of rotatable bonds is 3. The van der Waals surface area contributed by atoms with Crippen LogP contribution in [0.4, 0.5) is 0 Å². The molecule has 0 amide bonds. The summed E-state index contributed by atoms with van der Waals surface area (Å²) in [5.74, 6) is 0.193. The number of carbonyl (C=O) groups excluding carboxylic acids is 2. The number of carbonyl (C=O) groups is 2. The first-order valence-corrected chi connectivity index (χ1v) is 4.80. The van der Waals surface area contributed by atoms with Crippen molar-refractivity contribution >= 4 is 11.8 Å². The van der Waals surface area contributed by atoms with Crippen molar-refractivity contribution in [3.05, 3.63) is 23.7 Å². The zero-order chi connectivity index (χ0) is 11.1. The number of methoxy groups -OCH3 is 1. The van der Waals surface area contributed by atoms with Gasteiger partial charge in [-0.25, -0.2) is 0 Å². The molecule has 15 heavy (non-hydrogen) atoms. The largest absolute Gasteiger partial charge is 0.468 e. The third kappa shape index (κ3) is 1.46. The summed E-state index contributed by atoms with van der Waals surface area (Å²) in [7, 11) is 1.29. The maximum Gasteiger partial charge on any atom is 0.319 e. The summed E-state index contributed by atoms with van der Waals surface area (Å²) in [6.45, 7) is 1.76. The number of ketones is 1. The minimum atomic E-state index is -0.959. The van der Waals surface area contributed by atoms with Crippen molar-refractivity contribution in [1.29, 1.82) is 0 Å². The number of furan rings is 1. The SMILES string of the molecule is COC(=O)C1(C(=O)c2ccc(C)o2)CC1. The van der Waals surface area contributed by atoms with E-state index in [9.17, 15) is 9.59 Å². The van der Waals surface area contributed by atoms with Crippen molar-refractivity contribution in [1.82, 2.24) is 0 Å². The molecule has 0 N–H and O–H groups in total. The Kier molecular flexibility index (Phi) is 2.14. The Hall–Kier alpha value is -1.58. The van der Waals surface area contributed by atoms with Crippen LogP contribution in [0.2, 0.25) is 0 Å². The van der Waals surface area contributed by atoms with Crippen LogP contribution in [0.1, 0.15) is 29.2 Å². The quantitative estimate of drug-likeness (QED) is 0.431. The highest BCUT2D eigenvalue weighted by Crippen LogP contribution is 2.49. The second kappa shape index (κ2) is 3.22. The first-order valence-electron chi connectivity index (χ1n) is 4.80. The zero-order valence-corrected chi connectivity index (χ0v) is 8.70. The van der Waals surface area contributed by atoms with Gasteiger partial charge in [0.1, 0.15) is 11.2 Å². The van der Waals surface area contributed by atoms with Crippen molar-refractivity contribution in [3.63, 3.8) is 0 Å². The highest BCUT2D eigenvalue weighted by atomic mass is 16.5. The van der Waals surface area contributed by atoms with E-state index in [0.29, 0.717) is 18.6 Å². The zero-order valence-electron chi connectivity index (χ0n) is 8.70. The molecule has 0 atom stereocenters. The second-order valence-electron chi connectivity index (χ2n) is 3.81. The molecule has 1 fully saturated rings. The molecule has 0 bridgehead atoms. The molecule has 1 heterocycles. The van der Waals surface area contributed by atoms with Gasteiger partial charge in [-0.05, 0) is 31.9 Å². The summed E-state index contributed by atoms with van der Waals surface area (Å²) >= 11 is 0. The van der Waals surface area contributed by atoms with Crippen molar-refractivity contribution in [2.24, 2.45) is 5.41 Å². The molecule has 4 nitrogen and oxygen atoms in total. The van der Waals surface area contributed by atoms with Gasteiger partial charge in [0.05, 0.1) is 7.11 Å². The van der Waals surface area contributed by atoms with Gasteiger partial charge >= 0.3 is 5.97 Å². The summed E-state index contributed by atoms with van der Waals surface area (Å²) in [5.41, 5.74) is -0.959. The standard InChI is InChI=1S/C11H12O4/c1-7-3-4-8(15-7)9(12)11(5-6-11)10(13)14-2/h3-4H,5-6H2,1-2H3. The third-order valence-electron chi connectivity index (χ3n) is 2.72. The lowest BCUT2D eigenvalue weighted by molar-refractivity contribution is -0.145. The van der Waals surface area contributed by atoms with Crippen LogP contribution in [0.25, 0.3) is 0 Å². The Morgan fingerprint density at radius 1 is 1.40 bits per heavy atom. The van der Waals surface area contributed by atoms with Gasteiger partial charge in [-0.3, -0.25) is 9.59 Å². The lowest BCUT2D eigenvalue weighted by Crippen LogP contribution is -2.26. The van der Waals surface area contributed by atoms with E-state index >= 15 is 0 Å². The molecule has 0 saturated heterocycles. The molecule has 0 unspecified atom stereocenters. The van der Waals surface area contributed by atoms with Crippen LogP contribution < -0.4 is 0 Å². The number of Topliss-reactive ketones (excluding diaryl/α,β-unsaturated/α-hetero) is 1. The van der Waals surface area contributed by atoms with Crippen LogP contribution in [0.5, 0.6) is 0 Å². The van der Waals surface area contributed by atoms with Crippen molar-refractivity contribution in [2.45, 2.75) is 19.8 Å². The van der Waals surface area contributed by atoms with Crippen LogP contribution in [-0.4, -0.2) is 18.9 Å². The summed E-state index contributed by atoms with van der Waals surface area (Å²) in [4.78, 5) is 23.4. The molecule has 1 aliphatic rings. The molecule has 0 aromatic carbocycles. The molecule has 1 aromatic heterocycles. The molecule has 4 heteroatoms. The summed E-state index contributed by atoms with van der Waals surface area (Å²) < 4.78 is 9.83. The maximum atomic E-state index is 11.9. The number of ether oxygens (including phenoxy) is 1. The Morgan fingerprint density at radius 2 is 2.07 bits per heavy atom. The molecule has 1 aromatic rings. The number of hydrogen-bond donors (Lipinski definition) is 0. The Bertz CT molecular complexity index is 412. The molecule has 80 valence electrons. The normalized spacial score (nSPS) is 17.2. The fourth-order valence-electron chi connectivity index (χ4n) is 1.64. The van der Waals surface area contributed by atoms with Crippen molar-refractivity contribution in [2.75, 3.05) is 7.11 Å². The highest BCUT2D eigenvalue weighted by Gasteiger charge is 2.58. The van der Waals surface area contributed by atoms with Crippen LogP contribution in [0, 0.1) is 12.3 Å². The van der Waals surface area contributed by atoms with Gasteiger partial charge in [0.25, 0.3) is 0 Å². The fourth-order valence-corrected chi connectivity index (χ4v) is 1.64. The van der Waals surface area contributed by atoms with Gasteiger partial charge in [-0.1, -0.05) is 0 Å². The second-order valence-corrected chi connectivity index (χ2v) is 3.81. The topological polar surface area (TPSA) is 56.5 Å². The average molecular weight is 208 g/mol. The van der Waals surface area contributed by atoms with Crippen LogP contribution in [0.15, 0.2) is 16.5 Å². The van der Waals surface area contributed by atoms with Gasteiger partial charge in [0, 0.05) is 0 Å². The van der Waals surface area contributed by atoms with E-state index in [4.69, 9.17) is 4.42 Å². The summed E-state index contributed by atoms with van der Waals surface area (Å²) in [5, 5.41) is 0. The lowest BCUT2D eigenvalue weighted by atomic mass is 9.99. The Balaban J connectivity index is 2.25. The first kappa shape index (κ1) is 9.96. The summed E-state index contributed by atoms with van der Waals surface area (Å²) in [6.07, 6.45) is 1.11. The fraction of sp³-hybridized carbons (Fsp3) is 0.455. The van der Waals surface area contributed by atoms with Crippen LogP contribution >= 0.6 is 0 Å². The molecule has 0 aliphatic heterocycles. The number of aryl methyl sites for hydroxylation is 1. The Labute approximate surface area is 87.2 Å². The summed E-state index contributed by atoms with van der Waals surface area (Å²) in [6, 6.07) is 3.31. The van der Waals surface area contributed by atoms with E-state index in [1.165, 1.54) is 7.11 Å². The predicted octanol–water partition coefficient (Wildman–Crippen LogP) is 1.72. The smallest absolute Gasteiger partial charge is 0.319 e. The van der Waals surface area contributed by atoms with E-state index < -0.39 is 11.4 Å². The highest BCUT2D eigenvalue weighted by molar-refractivity contribution is 6.13. The lowest BCUT2D eigenvalue weighted by Gasteiger charge is -2.08. The minimum absolute atomic E-state index is 0.246. The molecule has 0 spiro atoms. The maximum absolute atomic E-state index is 11.9. The van der Waals surface area contributed by atoms with E-state index in [1.54, 1.807) is 19.1 Å². The van der Waals surface area contributed by atoms with E-state index in [0.717, 1.165) is 0 Å².